The molecule has 1 aliphatic carbocycles. The molecule has 0 saturated heterocycles. The van der Waals surface area contributed by atoms with Crippen LogP contribution in [-0.4, -0.2) is 17.9 Å². The minimum atomic E-state index is -0.576. The monoisotopic (exact) mass is 288 g/mol. The number of benzene rings is 1. The lowest BCUT2D eigenvalue weighted by Crippen LogP contribution is -2.41. The molecule has 4 heteroatoms. The number of carbonyl (C=O) groups excluding carboxylic acids is 2. The van der Waals surface area contributed by atoms with E-state index in [0.29, 0.717) is 5.69 Å². The van der Waals surface area contributed by atoms with E-state index < -0.39 is 11.8 Å². The molecule has 114 valence electrons. The summed E-state index contributed by atoms with van der Waals surface area (Å²) in [4.78, 5) is 24.0. The smallest absolute Gasteiger partial charge is 0.313 e. The van der Waals surface area contributed by atoms with Crippen LogP contribution in [0.3, 0.4) is 0 Å². The molecule has 1 aromatic rings. The van der Waals surface area contributed by atoms with Gasteiger partial charge in [-0.1, -0.05) is 37.8 Å². The van der Waals surface area contributed by atoms with Crippen LogP contribution in [0.25, 0.3) is 0 Å². The summed E-state index contributed by atoms with van der Waals surface area (Å²) in [5.74, 6) is -1.10. The zero-order chi connectivity index (χ0) is 15.2. The van der Waals surface area contributed by atoms with Crippen molar-refractivity contribution in [2.75, 3.05) is 5.32 Å². The summed E-state index contributed by atoms with van der Waals surface area (Å²) in [5.41, 5.74) is 2.72. The Morgan fingerprint density at radius 1 is 1.00 bits per heavy atom. The molecule has 2 N–H and O–H groups in total. The van der Waals surface area contributed by atoms with Crippen LogP contribution >= 0.6 is 0 Å². The molecular formula is C17H24N2O2. The van der Waals surface area contributed by atoms with Gasteiger partial charge in [0.05, 0.1) is 0 Å². The lowest BCUT2D eigenvalue weighted by Gasteiger charge is -2.16. The topological polar surface area (TPSA) is 58.2 Å². The molecule has 21 heavy (non-hydrogen) atoms. The van der Waals surface area contributed by atoms with Crippen LogP contribution < -0.4 is 10.6 Å². The molecule has 0 heterocycles. The van der Waals surface area contributed by atoms with Crippen molar-refractivity contribution in [2.45, 2.75) is 58.4 Å². The van der Waals surface area contributed by atoms with E-state index in [9.17, 15) is 9.59 Å². The maximum absolute atomic E-state index is 12.0. The van der Waals surface area contributed by atoms with Gasteiger partial charge in [0.1, 0.15) is 0 Å². The van der Waals surface area contributed by atoms with Crippen LogP contribution in [0.4, 0.5) is 5.69 Å². The summed E-state index contributed by atoms with van der Waals surface area (Å²) in [7, 11) is 0. The highest BCUT2D eigenvalue weighted by Gasteiger charge is 2.20. The largest absolute Gasteiger partial charge is 0.345 e. The SMILES string of the molecule is Cc1ccc(C)c(NC(=O)C(=O)NC2CCCCCC2)c1. The Morgan fingerprint density at radius 2 is 1.67 bits per heavy atom. The van der Waals surface area contributed by atoms with Gasteiger partial charge in [-0.05, 0) is 43.9 Å². The second-order valence-corrected chi connectivity index (χ2v) is 5.93. The number of hydrogen-bond acceptors (Lipinski definition) is 2. The lowest BCUT2D eigenvalue weighted by atomic mass is 10.1. The first kappa shape index (κ1) is 15.5. The average Bonchev–Trinajstić information content (AvgIpc) is 2.71. The van der Waals surface area contributed by atoms with Crippen molar-refractivity contribution >= 4 is 17.5 Å². The Morgan fingerprint density at radius 3 is 2.33 bits per heavy atom. The van der Waals surface area contributed by atoms with Gasteiger partial charge < -0.3 is 10.6 Å². The van der Waals surface area contributed by atoms with Crippen LogP contribution in [0.1, 0.15) is 49.7 Å². The Kier molecular flexibility index (Phi) is 5.37. The fourth-order valence-corrected chi connectivity index (χ4v) is 2.72. The summed E-state index contributed by atoms with van der Waals surface area (Å²) in [6, 6.07) is 5.95. The normalized spacial score (nSPS) is 16.1. The molecule has 0 aliphatic heterocycles. The van der Waals surface area contributed by atoms with Crippen molar-refractivity contribution in [3.05, 3.63) is 29.3 Å². The third-order valence-corrected chi connectivity index (χ3v) is 4.04. The molecule has 0 atom stereocenters. The second kappa shape index (κ2) is 7.25. The predicted octanol–water partition coefficient (Wildman–Crippen LogP) is 3.08. The summed E-state index contributed by atoms with van der Waals surface area (Å²) >= 11 is 0. The maximum atomic E-state index is 12.0. The van der Waals surface area contributed by atoms with Gasteiger partial charge in [0.25, 0.3) is 0 Å². The molecule has 2 amide bonds. The van der Waals surface area contributed by atoms with Crippen molar-refractivity contribution in [3.63, 3.8) is 0 Å². The first-order chi connectivity index (χ1) is 10.1. The van der Waals surface area contributed by atoms with Crippen molar-refractivity contribution in [1.82, 2.24) is 5.32 Å². The predicted molar refractivity (Wildman–Crippen MR) is 84.2 cm³/mol. The molecule has 0 spiro atoms. The van der Waals surface area contributed by atoms with Gasteiger partial charge in [-0.3, -0.25) is 9.59 Å². The number of carbonyl (C=O) groups is 2. The summed E-state index contributed by atoms with van der Waals surface area (Å²) < 4.78 is 0. The maximum Gasteiger partial charge on any atom is 0.313 e. The first-order valence-electron chi connectivity index (χ1n) is 7.75. The van der Waals surface area contributed by atoms with E-state index in [0.717, 1.165) is 36.8 Å². The third kappa shape index (κ3) is 4.59. The van der Waals surface area contributed by atoms with E-state index in [1.54, 1.807) is 0 Å². The van der Waals surface area contributed by atoms with Gasteiger partial charge in [-0.25, -0.2) is 0 Å². The molecule has 1 fully saturated rings. The zero-order valence-corrected chi connectivity index (χ0v) is 12.9. The number of rotatable bonds is 2. The van der Waals surface area contributed by atoms with Gasteiger partial charge in [-0.15, -0.1) is 0 Å². The lowest BCUT2D eigenvalue weighted by molar-refractivity contribution is -0.136. The number of anilines is 1. The van der Waals surface area contributed by atoms with Gasteiger partial charge in [0.2, 0.25) is 0 Å². The summed E-state index contributed by atoms with van der Waals surface area (Å²) in [6.07, 6.45) is 6.65. The number of amides is 2. The number of aryl methyl sites for hydroxylation is 2. The van der Waals surface area contributed by atoms with Crippen LogP contribution in [0.5, 0.6) is 0 Å². The Labute approximate surface area is 126 Å². The second-order valence-electron chi connectivity index (χ2n) is 5.93. The summed E-state index contributed by atoms with van der Waals surface area (Å²) in [6.45, 7) is 3.87. The van der Waals surface area contributed by atoms with Crippen LogP contribution in [0.2, 0.25) is 0 Å². The third-order valence-electron chi connectivity index (χ3n) is 4.04. The van der Waals surface area contributed by atoms with E-state index in [1.165, 1.54) is 12.8 Å². The fourth-order valence-electron chi connectivity index (χ4n) is 2.72. The standard InChI is InChI=1S/C17H24N2O2/c1-12-9-10-13(2)15(11-12)19-17(21)16(20)18-14-7-5-3-4-6-8-14/h9-11,14H,3-8H2,1-2H3,(H,18,20)(H,19,21). The van der Waals surface area contributed by atoms with Crippen LogP contribution in [0, 0.1) is 13.8 Å². The first-order valence-corrected chi connectivity index (χ1v) is 7.75. The molecule has 2 rings (SSSR count). The zero-order valence-electron chi connectivity index (χ0n) is 12.9. The van der Waals surface area contributed by atoms with Crippen molar-refractivity contribution in [1.29, 1.82) is 0 Å². The highest BCUT2D eigenvalue weighted by molar-refractivity contribution is 6.39. The average molecular weight is 288 g/mol. The van der Waals surface area contributed by atoms with E-state index in [-0.39, 0.29) is 6.04 Å². The van der Waals surface area contributed by atoms with Crippen LogP contribution in [-0.2, 0) is 9.59 Å². The number of hydrogen-bond donors (Lipinski definition) is 2. The van der Waals surface area contributed by atoms with Gasteiger partial charge in [0, 0.05) is 11.7 Å². The minimum Gasteiger partial charge on any atom is -0.345 e. The van der Waals surface area contributed by atoms with E-state index >= 15 is 0 Å². The molecule has 0 unspecified atom stereocenters. The fraction of sp³-hybridized carbons (Fsp3) is 0.529. The van der Waals surface area contributed by atoms with Gasteiger partial charge >= 0.3 is 11.8 Å². The van der Waals surface area contributed by atoms with Crippen molar-refractivity contribution < 1.29 is 9.59 Å². The molecule has 4 nitrogen and oxygen atoms in total. The van der Waals surface area contributed by atoms with E-state index in [1.807, 2.05) is 32.0 Å². The van der Waals surface area contributed by atoms with E-state index in [2.05, 4.69) is 10.6 Å². The highest BCUT2D eigenvalue weighted by atomic mass is 16.2. The molecule has 0 bridgehead atoms. The quantitative estimate of drug-likeness (QED) is 0.649. The Bertz CT molecular complexity index is 518. The molecule has 1 aliphatic rings. The summed E-state index contributed by atoms with van der Waals surface area (Å²) in [5, 5.41) is 5.57. The van der Waals surface area contributed by atoms with Crippen molar-refractivity contribution in [3.8, 4) is 0 Å². The van der Waals surface area contributed by atoms with Crippen molar-refractivity contribution in [2.24, 2.45) is 0 Å². The molecule has 0 aromatic heterocycles. The van der Waals surface area contributed by atoms with E-state index in [4.69, 9.17) is 0 Å². The minimum absolute atomic E-state index is 0.143. The van der Waals surface area contributed by atoms with Crippen LogP contribution in [0.15, 0.2) is 18.2 Å². The molecule has 1 saturated carbocycles. The van der Waals surface area contributed by atoms with Gasteiger partial charge in [-0.2, -0.15) is 0 Å². The highest BCUT2D eigenvalue weighted by Crippen LogP contribution is 2.18. The van der Waals surface area contributed by atoms with Gasteiger partial charge in [0.15, 0.2) is 0 Å². The Hall–Kier alpha value is -1.84. The molecular weight excluding hydrogens is 264 g/mol. The number of nitrogens with one attached hydrogen (secondary N) is 2. The Balaban J connectivity index is 1.92. The molecule has 1 aromatic carbocycles. The molecule has 0 radical (unpaired) electrons.